The Bertz CT molecular complexity index is 1180. The number of likely N-dealkylation sites (tertiary alicyclic amines) is 1. The summed E-state index contributed by atoms with van der Waals surface area (Å²) in [6, 6.07) is 3.41. The second-order valence-corrected chi connectivity index (χ2v) is 10.9. The van der Waals surface area contributed by atoms with E-state index in [-0.39, 0.29) is 30.1 Å². The molecule has 2 heterocycles. The van der Waals surface area contributed by atoms with Crippen molar-refractivity contribution in [1.29, 1.82) is 0 Å². The van der Waals surface area contributed by atoms with E-state index in [9.17, 15) is 18.4 Å². The molecule has 3 rings (SSSR count). The van der Waals surface area contributed by atoms with Crippen molar-refractivity contribution in [3.63, 3.8) is 0 Å². The van der Waals surface area contributed by atoms with Gasteiger partial charge in [-0.1, -0.05) is 39.0 Å². The van der Waals surface area contributed by atoms with Gasteiger partial charge < -0.3 is 14.2 Å². The van der Waals surface area contributed by atoms with E-state index in [0.29, 0.717) is 11.1 Å². The molecule has 1 aliphatic rings. The number of aromatic nitrogens is 2. The molecule has 1 aromatic heterocycles. The normalized spacial score (nSPS) is 20.3. The third-order valence-electron chi connectivity index (χ3n) is 5.65. The second-order valence-electron chi connectivity index (χ2n) is 10.5. The van der Waals surface area contributed by atoms with Crippen LogP contribution in [0.15, 0.2) is 30.9 Å². The number of rotatable bonds is 7. The first-order valence-corrected chi connectivity index (χ1v) is 12.3. The van der Waals surface area contributed by atoms with Crippen LogP contribution in [0.1, 0.15) is 47.2 Å². The maximum atomic E-state index is 14.8. The minimum Gasteiger partial charge on any atom is -0.471 e. The number of esters is 1. The molecular formula is C26H32ClF2N3O5. The molecule has 0 saturated carbocycles. The fourth-order valence-electron chi connectivity index (χ4n) is 3.84. The summed E-state index contributed by atoms with van der Waals surface area (Å²) in [4.78, 5) is 35.6. The Hall–Kier alpha value is -3.01. The Morgan fingerprint density at radius 3 is 2.51 bits per heavy atom. The van der Waals surface area contributed by atoms with Crippen molar-refractivity contribution in [3.05, 3.63) is 41.6 Å². The van der Waals surface area contributed by atoms with Gasteiger partial charge in [0.1, 0.15) is 17.7 Å². The summed E-state index contributed by atoms with van der Waals surface area (Å²) in [5.74, 6) is -5.21. The Balaban J connectivity index is 2.00. The fraction of sp³-hybridized carbons (Fsp3) is 0.538. The number of nitrogens with zero attached hydrogens (tertiary/aromatic N) is 3. The minimum atomic E-state index is -3.56. The van der Waals surface area contributed by atoms with Gasteiger partial charge in [-0.3, -0.25) is 4.90 Å². The van der Waals surface area contributed by atoms with Crippen molar-refractivity contribution in [2.45, 2.75) is 65.2 Å². The first-order valence-electron chi connectivity index (χ1n) is 11.9. The molecule has 3 atom stereocenters. The maximum Gasteiger partial charge on any atom is 0.411 e. The van der Waals surface area contributed by atoms with Crippen LogP contribution < -0.4 is 4.74 Å². The molecule has 1 amide bonds. The Morgan fingerprint density at radius 2 is 1.92 bits per heavy atom. The van der Waals surface area contributed by atoms with Gasteiger partial charge in [-0.05, 0) is 51.0 Å². The minimum absolute atomic E-state index is 0.0751. The van der Waals surface area contributed by atoms with Crippen LogP contribution >= 0.6 is 11.6 Å². The first kappa shape index (κ1) is 28.6. The van der Waals surface area contributed by atoms with Crippen molar-refractivity contribution in [3.8, 4) is 5.88 Å². The molecule has 11 heteroatoms. The van der Waals surface area contributed by atoms with Gasteiger partial charge in [0.15, 0.2) is 5.69 Å². The molecule has 37 heavy (non-hydrogen) atoms. The predicted octanol–water partition coefficient (Wildman–Crippen LogP) is 5.76. The zero-order valence-corrected chi connectivity index (χ0v) is 22.5. The summed E-state index contributed by atoms with van der Waals surface area (Å²) in [6.07, 6.45) is -1.19. The number of fused-ring (bicyclic) bond motifs is 1. The number of ether oxygens (including phenoxy) is 3. The summed E-state index contributed by atoms with van der Waals surface area (Å²) in [7, 11) is 0. The number of halogens is 3. The first-order chi connectivity index (χ1) is 17.1. The quantitative estimate of drug-likeness (QED) is 0.326. The highest BCUT2D eigenvalue weighted by Gasteiger charge is 2.50. The van der Waals surface area contributed by atoms with E-state index in [4.69, 9.17) is 25.8 Å². The molecule has 0 bridgehead atoms. The van der Waals surface area contributed by atoms with Crippen molar-refractivity contribution < 1.29 is 32.6 Å². The van der Waals surface area contributed by atoms with Crippen LogP contribution in [0, 0.1) is 11.8 Å². The molecule has 2 aromatic rings. The summed E-state index contributed by atoms with van der Waals surface area (Å²) in [5.41, 5.74) is -1.13. The molecule has 0 radical (unpaired) electrons. The van der Waals surface area contributed by atoms with E-state index in [1.807, 2.05) is 13.8 Å². The standard InChI is InChI=1S/C26H32ClF2N3O5/c1-8-26(28,29)21-22(31-18-11-16(27)9-10-17(18)30-21)36-19-12-32(24(34)37-25(5,6)7)20(15(19)4)23(33)35-13-14(2)3/h8-11,14-15,19-20H,1,12-13H2,2-7H3. The lowest BCUT2D eigenvalue weighted by molar-refractivity contribution is -0.151. The lowest BCUT2D eigenvalue weighted by Crippen LogP contribution is -2.46. The predicted molar refractivity (Wildman–Crippen MR) is 135 cm³/mol. The summed E-state index contributed by atoms with van der Waals surface area (Å²) in [5, 5.41) is 0.342. The smallest absolute Gasteiger partial charge is 0.411 e. The van der Waals surface area contributed by atoms with Gasteiger partial charge in [-0.2, -0.15) is 8.78 Å². The zero-order valence-electron chi connectivity index (χ0n) is 21.8. The summed E-state index contributed by atoms with van der Waals surface area (Å²) < 4.78 is 46.5. The molecule has 1 aliphatic heterocycles. The van der Waals surface area contributed by atoms with Gasteiger partial charge in [0.05, 0.1) is 24.2 Å². The SMILES string of the molecule is C=CC(F)(F)c1nc2ccc(Cl)cc2nc1OC1CN(C(=O)OC(C)(C)C)C(C(=O)OCC(C)C)C1C. The number of benzene rings is 1. The molecule has 202 valence electrons. The number of carbonyl (C=O) groups excluding carboxylic acids is 2. The van der Waals surface area contributed by atoms with Gasteiger partial charge in [0, 0.05) is 10.9 Å². The van der Waals surface area contributed by atoms with Crippen LogP contribution in [0.2, 0.25) is 5.02 Å². The van der Waals surface area contributed by atoms with Crippen LogP contribution in [0.5, 0.6) is 5.88 Å². The molecule has 0 aliphatic carbocycles. The second kappa shape index (κ2) is 10.8. The summed E-state index contributed by atoms with van der Waals surface area (Å²) in [6.45, 7) is 13.8. The van der Waals surface area contributed by atoms with Crippen LogP contribution in [-0.4, -0.2) is 57.8 Å². The molecule has 0 spiro atoms. The van der Waals surface area contributed by atoms with Gasteiger partial charge in [-0.15, -0.1) is 0 Å². The molecule has 1 aromatic carbocycles. The van der Waals surface area contributed by atoms with Crippen molar-refractivity contribution in [2.75, 3.05) is 13.2 Å². The number of hydrogen-bond donors (Lipinski definition) is 0. The zero-order chi connectivity index (χ0) is 27.7. The number of amides is 1. The lowest BCUT2D eigenvalue weighted by Gasteiger charge is -2.28. The average Bonchev–Trinajstić information content (AvgIpc) is 3.11. The third kappa shape index (κ3) is 6.66. The molecule has 3 unspecified atom stereocenters. The maximum absolute atomic E-state index is 14.8. The van der Waals surface area contributed by atoms with Crippen molar-refractivity contribution >= 4 is 34.7 Å². The van der Waals surface area contributed by atoms with Crippen LogP contribution in [0.25, 0.3) is 11.0 Å². The van der Waals surface area contributed by atoms with Gasteiger partial charge >= 0.3 is 18.0 Å². The van der Waals surface area contributed by atoms with Gasteiger partial charge in [-0.25, -0.2) is 19.6 Å². The van der Waals surface area contributed by atoms with E-state index in [0.717, 1.165) is 0 Å². The van der Waals surface area contributed by atoms with E-state index < -0.39 is 53.2 Å². The fourth-order valence-corrected chi connectivity index (χ4v) is 4.01. The number of allylic oxidation sites excluding steroid dienone is 1. The topological polar surface area (TPSA) is 90.9 Å². The van der Waals surface area contributed by atoms with Crippen LogP contribution in [0.3, 0.4) is 0 Å². The van der Waals surface area contributed by atoms with E-state index in [1.54, 1.807) is 27.7 Å². The highest BCUT2D eigenvalue weighted by atomic mass is 35.5. The molecular weight excluding hydrogens is 508 g/mol. The highest BCUT2D eigenvalue weighted by Crippen LogP contribution is 2.38. The number of hydrogen-bond acceptors (Lipinski definition) is 7. The van der Waals surface area contributed by atoms with Gasteiger partial charge in [0.25, 0.3) is 0 Å². The molecule has 0 N–H and O–H groups in total. The van der Waals surface area contributed by atoms with E-state index in [2.05, 4.69) is 16.5 Å². The van der Waals surface area contributed by atoms with E-state index in [1.165, 1.54) is 23.1 Å². The Morgan fingerprint density at radius 1 is 1.24 bits per heavy atom. The monoisotopic (exact) mass is 539 g/mol. The summed E-state index contributed by atoms with van der Waals surface area (Å²) >= 11 is 6.05. The number of carbonyl (C=O) groups is 2. The lowest BCUT2D eigenvalue weighted by atomic mass is 10.0. The third-order valence-corrected chi connectivity index (χ3v) is 5.89. The molecule has 1 saturated heterocycles. The van der Waals surface area contributed by atoms with Crippen LogP contribution in [-0.2, 0) is 20.2 Å². The molecule has 1 fully saturated rings. The largest absolute Gasteiger partial charge is 0.471 e. The number of alkyl halides is 2. The molecule has 8 nitrogen and oxygen atoms in total. The Kier molecular flexibility index (Phi) is 8.31. The highest BCUT2D eigenvalue weighted by molar-refractivity contribution is 6.31. The van der Waals surface area contributed by atoms with Crippen molar-refractivity contribution in [1.82, 2.24) is 14.9 Å². The average molecular weight is 540 g/mol. The van der Waals surface area contributed by atoms with Crippen molar-refractivity contribution in [2.24, 2.45) is 11.8 Å². The Labute approximate surface area is 219 Å². The van der Waals surface area contributed by atoms with Crippen LogP contribution in [0.4, 0.5) is 13.6 Å². The van der Waals surface area contributed by atoms with E-state index >= 15 is 0 Å². The van der Waals surface area contributed by atoms with Gasteiger partial charge in [0.2, 0.25) is 5.88 Å².